The van der Waals surface area contributed by atoms with Crippen molar-refractivity contribution in [3.63, 3.8) is 0 Å². The highest BCUT2D eigenvalue weighted by molar-refractivity contribution is 5.74. The van der Waals surface area contributed by atoms with Crippen LogP contribution in [0.2, 0.25) is 0 Å². The number of carboxylic acids is 2. The normalized spacial score (nSPS) is 40.3. The summed E-state index contributed by atoms with van der Waals surface area (Å²) in [6.45, 7) is 27.2. The summed E-state index contributed by atoms with van der Waals surface area (Å²) in [5, 5.41) is 19.0. The summed E-state index contributed by atoms with van der Waals surface area (Å²) in [4.78, 5) is 49.9. The van der Waals surface area contributed by atoms with Crippen molar-refractivity contribution < 1.29 is 38.9 Å². The summed E-state index contributed by atoms with van der Waals surface area (Å²) < 4.78 is 12.5. The van der Waals surface area contributed by atoms with E-state index in [1.807, 2.05) is 27.7 Å². The molecule has 5 aliphatic rings. The number of rotatable bonds is 14. The summed E-state index contributed by atoms with van der Waals surface area (Å²) in [5.74, 6) is -0.0168. The van der Waals surface area contributed by atoms with Crippen molar-refractivity contribution in [3.05, 3.63) is 12.2 Å². The molecule has 0 radical (unpaired) electrons. The number of ether oxygens (including phenoxy) is 2. The highest BCUT2D eigenvalue weighted by atomic mass is 16.5. The van der Waals surface area contributed by atoms with E-state index in [0.29, 0.717) is 49.0 Å². The second kappa shape index (κ2) is 14.8. The molecular formula is C46H74O8. The minimum atomic E-state index is -0.881. The van der Waals surface area contributed by atoms with Gasteiger partial charge in [0.25, 0.3) is 0 Å². The maximum atomic E-state index is 13.4. The SMILES string of the molecule is C=C(C)C1CCC2(COC(=O)CC(C)(CC)CC(=O)O)CCC3(C)C(CCC4C5(C)CCC(OC(=O)CC(C)(CC)CC(=O)O)C(C)(C)C5CCC43C)C12. The van der Waals surface area contributed by atoms with E-state index in [2.05, 4.69) is 48.1 Å². The lowest BCUT2D eigenvalue weighted by atomic mass is 9.32. The predicted octanol–water partition coefficient (Wildman–Crippen LogP) is 10.7. The van der Waals surface area contributed by atoms with Gasteiger partial charge in [0, 0.05) is 10.8 Å². The minimum Gasteiger partial charge on any atom is -0.481 e. The molecule has 0 aliphatic heterocycles. The van der Waals surface area contributed by atoms with E-state index in [1.54, 1.807) is 0 Å². The molecule has 54 heavy (non-hydrogen) atoms. The van der Waals surface area contributed by atoms with Crippen molar-refractivity contribution in [1.82, 2.24) is 0 Å². The van der Waals surface area contributed by atoms with E-state index in [0.717, 1.165) is 57.8 Å². The average molecular weight is 755 g/mol. The van der Waals surface area contributed by atoms with E-state index < -0.39 is 22.8 Å². The van der Waals surface area contributed by atoms with Gasteiger partial charge in [0.05, 0.1) is 32.3 Å². The van der Waals surface area contributed by atoms with Crippen LogP contribution >= 0.6 is 0 Å². The number of carboxylic acid groups (broad SMARTS) is 2. The predicted molar refractivity (Wildman–Crippen MR) is 210 cm³/mol. The Balaban J connectivity index is 1.36. The highest BCUT2D eigenvalue weighted by Crippen LogP contribution is 2.77. The van der Waals surface area contributed by atoms with Crippen LogP contribution < -0.4 is 0 Å². The molecule has 5 saturated carbocycles. The number of allylic oxidation sites excluding steroid dienone is 1. The maximum absolute atomic E-state index is 13.4. The number of carbonyl (C=O) groups excluding carboxylic acids is 2. The summed E-state index contributed by atoms with van der Waals surface area (Å²) in [6, 6.07) is 0. The largest absolute Gasteiger partial charge is 0.481 e. The van der Waals surface area contributed by atoms with Gasteiger partial charge in [0.1, 0.15) is 6.10 Å². The zero-order valence-corrected chi connectivity index (χ0v) is 35.5. The Hall–Kier alpha value is -2.38. The molecule has 5 aliphatic carbocycles. The highest BCUT2D eigenvalue weighted by Gasteiger charge is 2.71. The van der Waals surface area contributed by atoms with E-state index in [1.165, 1.54) is 12.0 Å². The molecule has 0 saturated heterocycles. The summed E-state index contributed by atoms with van der Waals surface area (Å²) in [7, 11) is 0. The Labute approximate surface area is 326 Å². The number of aliphatic carboxylic acids is 2. The van der Waals surface area contributed by atoms with Crippen molar-refractivity contribution in [2.75, 3.05) is 6.61 Å². The molecule has 8 heteroatoms. The smallest absolute Gasteiger partial charge is 0.306 e. The molecule has 0 aromatic rings. The summed E-state index contributed by atoms with van der Waals surface area (Å²) >= 11 is 0. The average Bonchev–Trinajstić information content (AvgIpc) is 3.45. The van der Waals surface area contributed by atoms with Crippen LogP contribution in [-0.4, -0.2) is 46.8 Å². The number of hydrogen-bond donors (Lipinski definition) is 2. The molecule has 306 valence electrons. The Kier molecular flexibility index (Phi) is 11.8. The Morgan fingerprint density at radius 1 is 0.704 bits per heavy atom. The number of carbonyl (C=O) groups is 4. The number of esters is 2. The lowest BCUT2D eigenvalue weighted by Crippen LogP contribution is -2.67. The second-order valence-corrected chi connectivity index (χ2v) is 21.4. The first-order chi connectivity index (χ1) is 24.9. The first-order valence-corrected chi connectivity index (χ1v) is 21.4. The first-order valence-electron chi connectivity index (χ1n) is 21.4. The van der Waals surface area contributed by atoms with Crippen LogP contribution in [-0.2, 0) is 28.7 Å². The lowest BCUT2D eigenvalue weighted by molar-refractivity contribution is -0.252. The van der Waals surface area contributed by atoms with Gasteiger partial charge in [-0.3, -0.25) is 19.2 Å². The zero-order valence-electron chi connectivity index (χ0n) is 35.5. The van der Waals surface area contributed by atoms with Gasteiger partial charge >= 0.3 is 23.9 Å². The number of hydrogen-bond acceptors (Lipinski definition) is 6. The molecule has 0 heterocycles. The van der Waals surface area contributed by atoms with Gasteiger partial charge < -0.3 is 19.7 Å². The molecular weight excluding hydrogens is 680 g/mol. The quantitative estimate of drug-likeness (QED) is 0.133. The summed E-state index contributed by atoms with van der Waals surface area (Å²) in [5.41, 5.74) is 0.133. The Bertz CT molecular complexity index is 1480. The fraction of sp³-hybridized carbons (Fsp3) is 0.870. The maximum Gasteiger partial charge on any atom is 0.306 e. The monoisotopic (exact) mass is 755 g/mol. The molecule has 5 rings (SSSR count). The van der Waals surface area contributed by atoms with Gasteiger partial charge in [-0.2, -0.15) is 0 Å². The molecule has 0 aromatic heterocycles. The summed E-state index contributed by atoms with van der Waals surface area (Å²) in [6.07, 6.45) is 11.9. The van der Waals surface area contributed by atoms with Crippen molar-refractivity contribution in [2.45, 2.75) is 178 Å². The number of fused-ring (bicyclic) bond motifs is 7. The van der Waals surface area contributed by atoms with Crippen LogP contribution in [0.4, 0.5) is 0 Å². The van der Waals surface area contributed by atoms with Crippen LogP contribution in [0.5, 0.6) is 0 Å². The lowest BCUT2D eigenvalue weighted by Gasteiger charge is -2.73. The van der Waals surface area contributed by atoms with Crippen molar-refractivity contribution >= 4 is 23.9 Å². The molecule has 12 unspecified atom stereocenters. The van der Waals surface area contributed by atoms with Gasteiger partial charge in [-0.05, 0) is 141 Å². The van der Waals surface area contributed by atoms with Gasteiger partial charge in [-0.25, -0.2) is 0 Å². The van der Waals surface area contributed by atoms with Crippen molar-refractivity contribution in [2.24, 2.45) is 67.5 Å². The first kappa shape index (κ1) is 42.8. The third-order valence-electron chi connectivity index (χ3n) is 18.0. The standard InChI is InChI=1S/C46H74O8/c1-12-41(7,24-35(47)48)26-37(51)53-28-46-21-16-30(29(3)4)39(46)31-14-15-33-43(9)19-18-34(54-38(52)27-42(8,13-2)25-36(49)50)40(5,6)32(43)17-20-45(33,11)44(31,10)22-23-46/h30-34,39H,3,12-28H2,1-2,4-11H3,(H,47,48)(H,49,50). The van der Waals surface area contributed by atoms with Crippen molar-refractivity contribution in [1.29, 1.82) is 0 Å². The topological polar surface area (TPSA) is 127 Å². The van der Waals surface area contributed by atoms with E-state index in [4.69, 9.17) is 9.47 Å². The van der Waals surface area contributed by atoms with E-state index in [9.17, 15) is 29.4 Å². The Morgan fingerprint density at radius 2 is 1.30 bits per heavy atom. The van der Waals surface area contributed by atoms with Crippen LogP contribution in [0.3, 0.4) is 0 Å². The molecule has 0 aromatic carbocycles. The van der Waals surface area contributed by atoms with Gasteiger partial charge in [-0.15, -0.1) is 0 Å². The van der Waals surface area contributed by atoms with Crippen molar-refractivity contribution in [3.8, 4) is 0 Å². The molecule has 8 nitrogen and oxygen atoms in total. The fourth-order valence-electron chi connectivity index (χ4n) is 14.2. The molecule has 12 atom stereocenters. The Morgan fingerprint density at radius 3 is 1.85 bits per heavy atom. The third-order valence-corrected chi connectivity index (χ3v) is 18.0. The molecule has 0 bridgehead atoms. The molecule has 0 spiro atoms. The van der Waals surface area contributed by atoms with Crippen LogP contribution in [0, 0.1) is 67.5 Å². The van der Waals surface area contributed by atoms with Crippen LogP contribution in [0.1, 0.15) is 172 Å². The van der Waals surface area contributed by atoms with Gasteiger partial charge in [-0.1, -0.05) is 74.5 Å². The van der Waals surface area contributed by atoms with E-state index >= 15 is 0 Å². The molecule has 2 N–H and O–H groups in total. The second-order valence-electron chi connectivity index (χ2n) is 21.4. The third kappa shape index (κ3) is 7.32. The van der Waals surface area contributed by atoms with Crippen LogP contribution in [0.25, 0.3) is 0 Å². The fourth-order valence-corrected chi connectivity index (χ4v) is 14.2. The van der Waals surface area contributed by atoms with Gasteiger partial charge in [0.15, 0.2) is 0 Å². The van der Waals surface area contributed by atoms with Crippen LogP contribution in [0.15, 0.2) is 12.2 Å². The minimum absolute atomic E-state index is 0.0410. The van der Waals surface area contributed by atoms with E-state index in [-0.39, 0.29) is 70.8 Å². The molecule has 0 amide bonds. The zero-order chi connectivity index (χ0) is 40.3. The van der Waals surface area contributed by atoms with Gasteiger partial charge in [0.2, 0.25) is 0 Å². The molecule has 5 fully saturated rings.